The summed E-state index contributed by atoms with van der Waals surface area (Å²) < 4.78 is 19.4. The molecule has 0 aliphatic carbocycles. The van der Waals surface area contributed by atoms with E-state index in [0.29, 0.717) is 12.8 Å². The van der Waals surface area contributed by atoms with Crippen LogP contribution in [0.4, 0.5) is 0 Å². The van der Waals surface area contributed by atoms with Gasteiger partial charge in [0.1, 0.15) is 12.1 Å². The molecular weight excluding hydrogens is 737 g/mol. The molecule has 1 aliphatic heterocycles. The van der Waals surface area contributed by atoms with Gasteiger partial charge in [-0.25, -0.2) is 0 Å². The van der Waals surface area contributed by atoms with Crippen LogP contribution in [-0.4, -0.2) is 118 Å². The molecule has 0 saturated carbocycles. The molecular formula is C43H92N4O5Si3. The van der Waals surface area contributed by atoms with E-state index in [0.717, 1.165) is 104 Å². The summed E-state index contributed by atoms with van der Waals surface area (Å²) in [6.07, 6.45) is 10.7. The highest BCUT2D eigenvalue weighted by molar-refractivity contribution is 6.74. The summed E-state index contributed by atoms with van der Waals surface area (Å²) in [6.45, 7) is 45.4. The minimum Gasteiger partial charge on any atom is -0.417 e. The normalized spacial score (nSPS) is 18.0. The first kappa shape index (κ1) is 52.4. The number of carbonyl (C=O) groups excluding carboxylic acids is 2. The molecule has 0 spiro atoms. The SMILES string of the molecule is CCCCN(CCCCC1NC(=O)C(CCCCN(CCCO[Si](C)(C)C(C)(C)C)CCCO[Si](C)(C)C(C)(C)C)NC1=O)CCCO[Si](C)(C)C(C)(C)C. The zero-order valence-corrected chi connectivity index (χ0v) is 42.2. The quantitative estimate of drug-likeness (QED) is 0.0600. The Morgan fingerprint density at radius 2 is 0.745 bits per heavy atom. The molecule has 2 unspecified atom stereocenters. The van der Waals surface area contributed by atoms with E-state index in [2.05, 4.69) is 129 Å². The number of hydrogen-bond donors (Lipinski definition) is 2. The van der Waals surface area contributed by atoms with E-state index >= 15 is 0 Å². The summed E-state index contributed by atoms with van der Waals surface area (Å²) in [5, 5.41) is 6.79. The Kier molecular flexibility index (Phi) is 22.7. The van der Waals surface area contributed by atoms with Gasteiger partial charge in [-0.2, -0.15) is 0 Å². The Hall–Kier alpha value is -0.609. The lowest BCUT2D eigenvalue weighted by Crippen LogP contribution is -2.61. The summed E-state index contributed by atoms with van der Waals surface area (Å²) in [5.41, 5.74) is 0. The van der Waals surface area contributed by atoms with Crippen molar-refractivity contribution in [3.8, 4) is 0 Å². The van der Waals surface area contributed by atoms with Crippen LogP contribution in [0.3, 0.4) is 0 Å². The number of piperazine rings is 1. The number of unbranched alkanes of at least 4 members (excludes halogenated alkanes) is 3. The van der Waals surface area contributed by atoms with Crippen molar-refractivity contribution < 1.29 is 22.9 Å². The molecule has 2 atom stereocenters. The van der Waals surface area contributed by atoms with Crippen LogP contribution < -0.4 is 10.6 Å². The predicted octanol–water partition coefficient (Wildman–Crippen LogP) is 9.95. The van der Waals surface area contributed by atoms with Crippen molar-refractivity contribution in [2.45, 2.75) is 206 Å². The fraction of sp³-hybridized carbons (Fsp3) is 0.953. The second kappa shape index (κ2) is 23.8. The van der Waals surface area contributed by atoms with Crippen molar-refractivity contribution in [2.75, 3.05) is 59.1 Å². The number of nitrogens with zero attached hydrogens (tertiary/aromatic N) is 2. The summed E-state index contributed by atoms with van der Waals surface area (Å²) in [4.78, 5) is 31.3. The molecule has 1 fully saturated rings. The van der Waals surface area contributed by atoms with E-state index in [1.54, 1.807) is 0 Å². The van der Waals surface area contributed by atoms with E-state index in [4.69, 9.17) is 13.3 Å². The van der Waals surface area contributed by atoms with Gasteiger partial charge >= 0.3 is 0 Å². The fourth-order valence-corrected chi connectivity index (χ4v) is 9.26. The van der Waals surface area contributed by atoms with Crippen LogP contribution >= 0.6 is 0 Å². The van der Waals surface area contributed by atoms with Gasteiger partial charge in [0.05, 0.1) is 0 Å². The van der Waals surface area contributed by atoms with Crippen LogP contribution in [-0.2, 0) is 22.9 Å². The molecule has 9 nitrogen and oxygen atoms in total. The van der Waals surface area contributed by atoms with Crippen molar-refractivity contribution in [1.82, 2.24) is 20.4 Å². The average Bonchev–Trinajstić information content (AvgIpc) is 3.05. The Morgan fingerprint density at radius 1 is 0.473 bits per heavy atom. The molecule has 0 aromatic rings. The molecule has 0 bridgehead atoms. The minimum absolute atomic E-state index is 0.0275. The van der Waals surface area contributed by atoms with Crippen LogP contribution in [0.5, 0.6) is 0 Å². The van der Waals surface area contributed by atoms with E-state index in [1.165, 1.54) is 12.8 Å². The monoisotopic (exact) mass is 829 g/mol. The summed E-state index contributed by atoms with van der Waals surface area (Å²) >= 11 is 0. The van der Waals surface area contributed by atoms with E-state index < -0.39 is 37.0 Å². The minimum atomic E-state index is -1.76. The van der Waals surface area contributed by atoms with Crippen LogP contribution in [0.2, 0.25) is 54.4 Å². The Balaban J connectivity index is 2.54. The molecule has 2 amide bonds. The molecule has 1 rings (SSSR count). The van der Waals surface area contributed by atoms with Gasteiger partial charge in [-0.05, 0) is 138 Å². The maximum Gasteiger partial charge on any atom is 0.243 e. The zero-order valence-electron chi connectivity index (χ0n) is 39.2. The van der Waals surface area contributed by atoms with Crippen LogP contribution in [0.15, 0.2) is 0 Å². The lowest BCUT2D eigenvalue weighted by Gasteiger charge is -2.36. The number of carbonyl (C=O) groups is 2. The van der Waals surface area contributed by atoms with Crippen LogP contribution in [0.25, 0.3) is 0 Å². The van der Waals surface area contributed by atoms with Crippen LogP contribution in [0.1, 0.15) is 140 Å². The fourth-order valence-electron chi connectivity index (χ4n) is 6.00. The molecule has 0 radical (unpaired) electrons. The van der Waals surface area contributed by atoms with E-state index in [9.17, 15) is 9.59 Å². The van der Waals surface area contributed by atoms with Gasteiger partial charge in [0, 0.05) is 39.5 Å². The van der Waals surface area contributed by atoms with Crippen molar-refractivity contribution >= 4 is 36.8 Å². The third-order valence-electron chi connectivity index (χ3n) is 13.2. The van der Waals surface area contributed by atoms with Gasteiger partial charge < -0.3 is 33.7 Å². The van der Waals surface area contributed by atoms with E-state index in [1.807, 2.05) is 0 Å². The topological polar surface area (TPSA) is 92.4 Å². The Bertz CT molecular complexity index is 1070. The predicted molar refractivity (Wildman–Crippen MR) is 243 cm³/mol. The smallest absolute Gasteiger partial charge is 0.243 e. The first-order valence-corrected chi connectivity index (χ1v) is 30.9. The highest BCUT2D eigenvalue weighted by Gasteiger charge is 2.39. The summed E-state index contributed by atoms with van der Waals surface area (Å²) in [6, 6.07) is -0.866. The van der Waals surface area contributed by atoms with Gasteiger partial charge in [0.2, 0.25) is 11.8 Å². The van der Waals surface area contributed by atoms with Gasteiger partial charge in [-0.1, -0.05) is 75.7 Å². The van der Waals surface area contributed by atoms with Crippen molar-refractivity contribution in [2.24, 2.45) is 0 Å². The Labute approximate surface area is 344 Å². The van der Waals surface area contributed by atoms with Crippen LogP contribution in [0, 0.1) is 0 Å². The number of nitrogens with one attached hydrogen (secondary N) is 2. The lowest BCUT2D eigenvalue weighted by molar-refractivity contribution is -0.137. The summed E-state index contributed by atoms with van der Waals surface area (Å²) in [7, 11) is -5.23. The third kappa shape index (κ3) is 19.8. The van der Waals surface area contributed by atoms with Crippen molar-refractivity contribution in [1.29, 1.82) is 0 Å². The molecule has 0 aromatic heterocycles. The summed E-state index contributed by atoms with van der Waals surface area (Å²) in [5.74, 6) is -0.0568. The molecule has 2 N–H and O–H groups in total. The van der Waals surface area contributed by atoms with Gasteiger partial charge in [0.15, 0.2) is 25.0 Å². The number of amides is 2. The standard InChI is InChI=1S/C43H92N4O5Si3/c1-17-18-28-46(31-23-34-50-53(11,12)41(2,3)4)29-21-19-26-37-39(48)45-38(40(49)44-37)27-20-22-30-47(32-24-35-51-54(13,14)42(5,6)7)33-25-36-52-55(15,16)43(8,9)10/h37-38H,17-36H2,1-16H3,(H,44,49)(H,45,48). The maximum atomic E-state index is 13.1. The van der Waals surface area contributed by atoms with Gasteiger partial charge in [0.25, 0.3) is 0 Å². The van der Waals surface area contributed by atoms with E-state index in [-0.39, 0.29) is 26.9 Å². The largest absolute Gasteiger partial charge is 0.417 e. The molecule has 1 heterocycles. The van der Waals surface area contributed by atoms with Gasteiger partial charge in [-0.15, -0.1) is 0 Å². The lowest BCUT2D eigenvalue weighted by atomic mass is 10.0. The Morgan fingerprint density at radius 3 is 1.02 bits per heavy atom. The zero-order chi connectivity index (χ0) is 42.1. The molecule has 1 aliphatic rings. The third-order valence-corrected chi connectivity index (χ3v) is 26.8. The van der Waals surface area contributed by atoms with Crippen molar-refractivity contribution in [3.05, 3.63) is 0 Å². The van der Waals surface area contributed by atoms with Gasteiger partial charge in [-0.3, -0.25) is 9.59 Å². The highest BCUT2D eigenvalue weighted by atomic mass is 28.4. The molecule has 12 heteroatoms. The molecule has 55 heavy (non-hydrogen) atoms. The highest BCUT2D eigenvalue weighted by Crippen LogP contribution is 2.38. The number of rotatable bonds is 28. The molecule has 0 aromatic carbocycles. The molecule has 326 valence electrons. The second-order valence-electron chi connectivity index (χ2n) is 21.0. The number of hydrogen-bond acceptors (Lipinski definition) is 7. The first-order valence-electron chi connectivity index (χ1n) is 22.2. The molecule has 1 saturated heterocycles. The average molecular weight is 829 g/mol. The second-order valence-corrected chi connectivity index (χ2v) is 35.5. The first-order chi connectivity index (χ1) is 25.2. The van der Waals surface area contributed by atoms with Crippen molar-refractivity contribution in [3.63, 3.8) is 0 Å². The maximum absolute atomic E-state index is 13.1.